The third kappa shape index (κ3) is 7.22. The molecule has 14 nitrogen and oxygen atoms in total. The van der Waals surface area contributed by atoms with Gasteiger partial charge < -0.3 is 30.1 Å². The van der Waals surface area contributed by atoms with Gasteiger partial charge in [0.15, 0.2) is 0 Å². The summed E-state index contributed by atoms with van der Waals surface area (Å²) in [6, 6.07) is 4.92. The number of carboxylic acid groups (broad SMARTS) is 1. The Morgan fingerprint density at radius 1 is 1.16 bits per heavy atom. The number of carbonyl (C=O) groups is 4. The van der Waals surface area contributed by atoms with E-state index in [1.165, 1.54) is 4.90 Å². The van der Waals surface area contributed by atoms with Gasteiger partial charge in [-0.15, -0.1) is 0 Å². The summed E-state index contributed by atoms with van der Waals surface area (Å²) in [5.74, 6) is -1.84. The lowest BCUT2D eigenvalue weighted by Gasteiger charge is -2.32. The molecule has 7 atom stereocenters. The van der Waals surface area contributed by atoms with Crippen molar-refractivity contribution in [3.8, 4) is 11.6 Å². The van der Waals surface area contributed by atoms with Crippen LogP contribution in [0.15, 0.2) is 42.6 Å². The number of aromatic nitrogens is 1. The Morgan fingerprint density at radius 2 is 1.92 bits per heavy atom. The van der Waals surface area contributed by atoms with Gasteiger partial charge in [-0.3, -0.25) is 19.1 Å². The van der Waals surface area contributed by atoms with Crippen LogP contribution in [0.5, 0.6) is 11.6 Å². The number of nitrogens with zero attached hydrogens (tertiary/aromatic N) is 2. The number of carbonyl (C=O) groups excluding carboxylic acids is 3. The number of rotatable bonds is 8. The molecule has 51 heavy (non-hydrogen) atoms. The minimum absolute atomic E-state index is 0.0197. The molecule has 1 saturated heterocycles. The van der Waals surface area contributed by atoms with E-state index in [4.69, 9.17) is 9.47 Å². The van der Waals surface area contributed by atoms with Crippen LogP contribution >= 0.6 is 0 Å². The van der Waals surface area contributed by atoms with Crippen molar-refractivity contribution in [1.82, 2.24) is 25.2 Å². The Morgan fingerprint density at radius 3 is 2.61 bits per heavy atom. The normalized spacial score (nSPS) is 30.5. The zero-order valence-electron chi connectivity index (χ0n) is 29.4. The third-order valence-corrected chi connectivity index (χ3v) is 13.5. The second-order valence-corrected chi connectivity index (χ2v) is 16.8. The number of sulfonamides is 1. The van der Waals surface area contributed by atoms with Crippen molar-refractivity contribution in [2.45, 2.75) is 101 Å². The Balaban J connectivity index is 1.33. The number of fused-ring (bicyclic) bond motifs is 3. The standard InChI is InChI=1S/C36H47N5O9S/c1-5-35(13-14-35)51(47,48)40-33(44)36-19-24(36)9-7-6-8-21(2)16-22(3)29(38-34(45)46)32(43)41-20-26(18-28(41)30(42)39-36)50-31-27-11-10-25(49-4)17-23(27)12-15-37-31/h7,9-12,15,17,21-22,24,26,28-29,38H,5-6,8,13-14,16,18-20H2,1-4H3,(H,39,42)(H,40,44)(H,45,46)/t21-,22-,24-,26-,28+,29+,36-/m1/s1. The lowest BCUT2D eigenvalue weighted by molar-refractivity contribution is -0.142. The fourth-order valence-electron chi connectivity index (χ4n) is 7.73. The van der Waals surface area contributed by atoms with Gasteiger partial charge in [0, 0.05) is 23.9 Å². The van der Waals surface area contributed by atoms with E-state index in [1.807, 2.05) is 38.1 Å². The minimum Gasteiger partial charge on any atom is -0.497 e. The molecule has 4 amide bonds. The summed E-state index contributed by atoms with van der Waals surface area (Å²) >= 11 is 0. The summed E-state index contributed by atoms with van der Waals surface area (Å²) < 4.78 is 39.6. The van der Waals surface area contributed by atoms with Crippen LogP contribution in [0.1, 0.15) is 72.1 Å². The first-order chi connectivity index (χ1) is 24.2. The van der Waals surface area contributed by atoms with E-state index in [1.54, 1.807) is 32.4 Å². The molecule has 4 aliphatic rings. The van der Waals surface area contributed by atoms with Gasteiger partial charge in [0.1, 0.15) is 29.5 Å². The molecule has 4 N–H and O–H groups in total. The van der Waals surface area contributed by atoms with Crippen molar-refractivity contribution in [1.29, 1.82) is 0 Å². The van der Waals surface area contributed by atoms with Crippen LogP contribution in [0, 0.1) is 17.8 Å². The molecule has 0 unspecified atom stereocenters. The van der Waals surface area contributed by atoms with Crippen molar-refractivity contribution >= 4 is 44.6 Å². The lowest BCUT2D eigenvalue weighted by atomic mass is 9.88. The van der Waals surface area contributed by atoms with E-state index < -0.39 is 74.1 Å². The summed E-state index contributed by atoms with van der Waals surface area (Å²) in [7, 11) is -2.44. The van der Waals surface area contributed by atoms with E-state index in [0.29, 0.717) is 43.2 Å². The Labute approximate surface area is 297 Å². The van der Waals surface area contributed by atoms with E-state index in [-0.39, 0.29) is 31.2 Å². The number of benzene rings is 1. The largest absolute Gasteiger partial charge is 0.497 e. The number of hydrogen-bond donors (Lipinski definition) is 4. The van der Waals surface area contributed by atoms with Crippen LogP contribution in [-0.4, -0.2) is 89.4 Å². The monoisotopic (exact) mass is 725 g/mol. The zero-order valence-corrected chi connectivity index (χ0v) is 30.2. The molecule has 276 valence electrons. The maximum absolute atomic E-state index is 14.4. The zero-order chi connectivity index (χ0) is 36.7. The van der Waals surface area contributed by atoms with Gasteiger partial charge in [-0.05, 0) is 86.4 Å². The second kappa shape index (κ2) is 14.0. The average Bonchev–Trinajstić information content (AvgIpc) is 3.99. The maximum Gasteiger partial charge on any atom is 0.405 e. The smallest absolute Gasteiger partial charge is 0.405 e. The van der Waals surface area contributed by atoms with Gasteiger partial charge in [0.2, 0.25) is 27.7 Å². The van der Waals surface area contributed by atoms with Crippen molar-refractivity contribution < 1.29 is 42.2 Å². The van der Waals surface area contributed by atoms with Crippen LogP contribution in [0.2, 0.25) is 0 Å². The highest BCUT2D eigenvalue weighted by Gasteiger charge is 2.63. The second-order valence-electron chi connectivity index (χ2n) is 14.7. The summed E-state index contributed by atoms with van der Waals surface area (Å²) in [5, 5.41) is 16.5. The van der Waals surface area contributed by atoms with Crippen LogP contribution in [0.4, 0.5) is 4.79 Å². The quantitative estimate of drug-likeness (QED) is 0.293. The minimum atomic E-state index is -4.00. The molecule has 0 radical (unpaired) electrons. The molecule has 2 aliphatic carbocycles. The summed E-state index contributed by atoms with van der Waals surface area (Å²) in [6.07, 6.45) is 6.72. The highest BCUT2D eigenvalue weighted by molar-refractivity contribution is 7.91. The lowest BCUT2D eigenvalue weighted by Crippen LogP contribution is -2.59. The first kappa shape index (κ1) is 36.4. The van der Waals surface area contributed by atoms with Gasteiger partial charge in [0.25, 0.3) is 5.91 Å². The van der Waals surface area contributed by atoms with Crippen LogP contribution in [0.3, 0.4) is 0 Å². The number of amides is 4. The number of methoxy groups -OCH3 is 1. The summed E-state index contributed by atoms with van der Waals surface area (Å²) in [4.78, 5) is 60.2. The van der Waals surface area contributed by atoms with Crippen molar-refractivity contribution in [2.75, 3.05) is 13.7 Å². The van der Waals surface area contributed by atoms with E-state index in [0.717, 1.165) is 11.8 Å². The number of allylic oxidation sites excluding steroid dienone is 1. The predicted octanol–water partition coefficient (Wildman–Crippen LogP) is 3.50. The van der Waals surface area contributed by atoms with Crippen molar-refractivity contribution in [2.24, 2.45) is 17.8 Å². The van der Waals surface area contributed by atoms with Gasteiger partial charge in [-0.2, -0.15) is 0 Å². The molecule has 1 aromatic heterocycles. The van der Waals surface area contributed by atoms with Gasteiger partial charge in [-0.25, -0.2) is 18.2 Å². The molecule has 0 bridgehead atoms. The SMILES string of the molecule is CCC1(S(=O)(=O)NC(=O)[C@@]23C[C@H]2C=CCC[C@@H](C)C[C@@H](C)[C@H](NC(=O)O)C(=O)N2C[C@H](Oc4nccc5cc(OC)ccc45)C[C@H]2C(=O)N3)CC1. The Hall–Kier alpha value is -4.40. The fourth-order valence-corrected chi connectivity index (χ4v) is 9.39. The molecule has 2 aliphatic heterocycles. The number of hydrogen-bond acceptors (Lipinski definition) is 9. The molecule has 15 heteroatoms. The molecule has 3 fully saturated rings. The fraction of sp³-hybridized carbons (Fsp3) is 0.583. The van der Waals surface area contributed by atoms with Gasteiger partial charge in [0.05, 0.1) is 18.4 Å². The van der Waals surface area contributed by atoms with Gasteiger partial charge >= 0.3 is 6.09 Å². The molecule has 2 aromatic rings. The molecule has 6 rings (SSSR count). The molecule has 2 saturated carbocycles. The first-order valence-corrected chi connectivity index (χ1v) is 19.2. The van der Waals surface area contributed by atoms with Crippen LogP contribution in [-0.2, 0) is 24.4 Å². The third-order valence-electron chi connectivity index (χ3n) is 11.2. The molecule has 3 heterocycles. The molecular formula is C36H47N5O9S. The molecule has 0 spiro atoms. The van der Waals surface area contributed by atoms with E-state index >= 15 is 0 Å². The van der Waals surface area contributed by atoms with Crippen molar-refractivity contribution in [3.63, 3.8) is 0 Å². The highest BCUT2D eigenvalue weighted by Crippen LogP contribution is 2.49. The number of ether oxygens (including phenoxy) is 2. The first-order valence-electron chi connectivity index (χ1n) is 17.7. The Bertz CT molecular complexity index is 1850. The highest BCUT2D eigenvalue weighted by atomic mass is 32.2. The Kier molecular flexibility index (Phi) is 9.96. The van der Waals surface area contributed by atoms with Gasteiger partial charge in [-0.1, -0.05) is 32.9 Å². The van der Waals surface area contributed by atoms with E-state index in [9.17, 15) is 32.7 Å². The van der Waals surface area contributed by atoms with Crippen LogP contribution in [0.25, 0.3) is 10.8 Å². The number of pyridine rings is 1. The predicted molar refractivity (Wildman–Crippen MR) is 187 cm³/mol. The molecular weight excluding hydrogens is 678 g/mol. The summed E-state index contributed by atoms with van der Waals surface area (Å²) in [5.41, 5.74) is -1.54. The topological polar surface area (TPSA) is 193 Å². The van der Waals surface area contributed by atoms with E-state index in [2.05, 4.69) is 20.3 Å². The molecule has 1 aromatic carbocycles. The summed E-state index contributed by atoms with van der Waals surface area (Å²) in [6.45, 7) is 5.56. The average molecular weight is 726 g/mol. The van der Waals surface area contributed by atoms with Crippen LogP contribution < -0.4 is 24.8 Å². The maximum atomic E-state index is 14.4. The van der Waals surface area contributed by atoms with Crippen molar-refractivity contribution in [3.05, 3.63) is 42.6 Å². The number of nitrogens with one attached hydrogen (secondary N) is 3.